The van der Waals surface area contributed by atoms with E-state index in [1.807, 2.05) is 0 Å². The number of hydrogen-bond donors (Lipinski definition) is 0. The van der Waals surface area contributed by atoms with Crippen LogP contribution in [0.25, 0.3) is 108 Å². The summed E-state index contributed by atoms with van der Waals surface area (Å²) in [7, 11) is 0. The summed E-state index contributed by atoms with van der Waals surface area (Å²) in [5.74, 6) is 57.4. The molecule has 0 unspecified atom stereocenters. The molecule has 0 fully saturated rings. The van der Waals surface area contributed by atoms with Gasteiger partial charge in [0.15, 0.2) is 0 Å². The minimum absolute atomic E-state index is 0.881. The monoisotopic (exact) mass is 1350 g/mol. The Bertz CT molecular complexity index is 7300. The quantitative estimate of drug-likeness (QED) is 0.105. The van der Waals surface area contributed by atoms with E-state index in [9.17, 15) is 0 Å². The van der Waals surface area contributed by atoms with E-state index in [1.54, 1.807) is 0 Å². The molecule has 0 aliphatic heterocycles. The second-order valence-electron chi connectivity index (χ2n) is 26.9. The predicted octanol–water partition coefficient (Wildman–Crippen LogP) is 23.8. The molecule has 0 atom stereocenters. The van der Waals surface area contributed by atoms with Crippen LogP contribution >= 0.6 is 0 Å². The lowest BCUT2D eigenvalue weighted by Gasteiger charge is -2.15. The van der Waals surface area contributed by atoms with Gasteiger partial charge in [-0.1, -0.05) is 307 Å². The first-order valence-electron chi connectivity index (χ1n) is 36.0. The van der Waals surface area contributed by atoms with Gasteiger partial charge in [0.2, 0.25) is 0 Å². The van der Waals surface area contributed by atoms with Crippen LogP contribution in [-0.2, 0) is 0 Å². The Kier molecular flexibility index (Phi) is 16.3. The summed E-state index contributed by atoms with van der Waals surface area (Å²) >= 11 is 0. The molecule has 0 heteroatoms. The summed E-state index contributed by atoms with van der Waals surface area (Å²) in [6.45, 7) is 0. The maximum Gasteiger partial charge on any atom is 0.0406 e. The summed E-state index contributed by atoms with van der Waals surface area (Å²) in [6, 6.07) is 118. The molecule has 108 heavy (non-hydrogen) atoms. The molecule has 0 N–H and O–H groups in total. The fourth-order valence-electron chi connectivity index (χ4n) is 15.0. The molecular weight excluding hydrogens is 1300 g/mol. The largest absolute Gasteiger partial charge is 0.0617 e. The number of benzene rings is 18. The molecule has 0 saturated heterocycles. The highest BCUT2D eigenvalue weighted by molar-refractivity contribution is 6.13. The van der Waals surface area contributed by atoms with E-state index in [4.69, 9.17) is 0 Å². The average molecular weight is 1350 g/mol. The van der Waals surface area contributed by atoms with Gasteiger partial charge in [0.25, 0.3) is 0 Å². The third kappa shape index (κ3) is 12.2. The summed E-state index contributed by atoms with van der Waals surface area (Å²) in [5.41, 5.74) is 18.8. The minimum Gasteiger partial charge on any atom is -0.0617 e. The van der Waals surface area contributed by atoms with Crippen LogP contribution in [-0.4, -0.2) is 0 Å². The molecule has 0 saturated carbocycles. The molecule has 18 aromatic rings. The van der Waals surface area contributed by atoms with E-state index in [0.29, 0.717) is 0 Å². The smallest absolute Gasteiger partial charge is 0.0406 e. The van der Waals surface area contributed by atoms with Crippen LogP contribution in [0.2, 0.25) is 0 Å². The van der Waals surface area contributed by atoms with Gasteiger partial charge in [-0.3, -0.25) is 0 Å². The van der Waals surface area contributed by atoms with E-state index in [0.717, 1.165) is 197 Å². The van der Waals surface area contributed by atoms with Gasteiger partial charge in [-0.2, -0.15) is 0 Å². The second kappa shape index (κ2) is 27.7. The number of hydrogen-bond acceptors (Lipinski definition) is 0. The van der Waals surface area contributed by atoms with E-state index in [-0.39, 0.29) is 0 Å². The Morgan fingerprint density at radius 2 is 0.343 bits per heavy atom. The van der Waals surface area contributed by atoms with Gasteiger partial charge >= 0.3 is 0 Å². The van der Waals surface area contributed by atoms with Crippen molar-refractivity contribution >= 4 is 86.2 Å². The molecule has 25 rings (SSSR count). The van der Waals surface area contributed by atoms with Crippen molar-refractivity contribution in [2.75, 3.05) is 0 Å². The molecule has 0 heterocycles. The third-order valence-electron chi connectivity index (χ3n) is 20.3. The molecule has 0 aromatic heterocycles. The summed E-state index contributed by atoms with van der Waals surface area (Å²) in [5, 5.41) is 17.3. The highest BCUT2D eigenvalue weighted by Crippen LogP contribution is 2.42. The lowest BCUT2D eigenvalue weighted by atomic mass is 9.87. The van der Waals surface area contributed by atoms with Crippen molar-refractivity contribution in [3.8, 4) is 117 Å². The van der Waals surface area contributed by atoms with Crippen molar-refractivity contribution in [1.82, 2.24) is 0 Å². The maximum absolute atomic E-state index is 3.65. The number of rotatable bonds is 0. The summed E-state index contributed by atoms with van der Waals surface area (Å²) < 4.78 is 0. The van der Waals surface area contributed by atoms with Crippen LogP contribution in [0.1, 0.15) is 89.0 Å². The molecule has 0 spiro atoms. The van der Waals surface area contributed by atoms with Crippen molar-refractivity contribution in [3.63, 3.8) is 0 Å². The molecule has 18 aromatic carbocycles. The summed E-state index contributed by atoms with van der Waals surface area (Å²) in [4.78, 5) is 0. The van der Waals surface area contributed by atoms with Crippen LogP contribution in [0.4, 0.5) is 0 Å². The zero-order valence-corrected chi connectivity index (χ0v) is 58.3. The number of fused-ring (bicyclic) bond motifs is 6. The third-order valence-corrected chi connectivity index (χ3v) is 20.3. The Hall–Kier alpha value is -15.5. The van der Waals surface area contributed by atoms with Gasteiger partial charge in [0.1, 0.15) is 0 Å². The molecule has 0 amide bonds. The first kappa shape index (κ1) is 63.4. The lowest BCUT2D eigenvalue weighted by molar-refractivity contribution is 1.58. The van der Waals surface area contributed by atoms with E-state index in [2.05, 4.69) is 434 Å². The standard InChI is InChI=1S/C108H56/c1-6-22-90-82(17-1)61-64-85-58-51-74-35-43-78(44-36-74)55-68-102-97-29-13-15-31-99(97)104(100-32-16-14-30-98(100)102)70-57-80-47-39-76(40-48-80)53-60-87-66-63-84-19-3-8-24-92(84)108(87)107-86(65-62-83-18-2-7-23-91(83)107)59-52-75-37-45-79(46-38-75)56-69-103-95-27-11-9-25-93(95)101(94-26-10-12-28-96(94)103)67-54-77-41-33-73(34-42-77)49-50-81-71-88-20-4-5-21-89(88)105(72-81)106(85)90/h1-48,61-66,71-72H. The highest BCUT2D eigenvalue weighted by atomic mass is 14.2. The molecule has 7 aliphatic rings. The first-order valence-corrected chi connectivity index (χ1v) is 36.0. The van der Waals surface area contributed by atoms with Gasteiger partial charge in [-0.15, -0.1) is 0 Å². The van der Waals surface area contributed by atoms with Crippen molar-refractivity contribution in [3.05, 3.63) is 429 Å². The van der Waals surface area contributed by atoms with Gasteiger partial charge in [0, 0.05) is 106 Å². The van der Waals surface area contributed by atoms with Gasteiger partial charge in [-0.05, 0) is 219 Å². The van der Waals surface area contributed by atoms with Gasteiger partial charge in [-0.25, -0.2) is 0 Å². The van der Waals surface area contributed by atoms with Crippen molar-refractivity contribution < 1.29 is 0 Å². The highest BCUT2D eigenvalue weighted by Gasteiger charge is 2.19. The fraction of sp³-hybridized carbons (Fsp3) is 0. The van der Waals surface area contributed by atoms with Crippen LogP contribution in [0.15, 0.2) is 340 Å². The Balaban J connectivity index is 0.735. The Morgan fingerprint density at radius 3 is 0.639 bits per heavy atom. The van der Waals surface area contributed by atoms with E-state index < -0.39 is 0 Å². The average Bonchev–Trinajstić information content (AvgIpc) is 0.771. The maximum atomic E-state index is 3.65. The Labute approximate surface area is 627 Å². The van der Waals surface area contributed by atoms with Crippen LogP contribution in [0.3, 0.4) is 0 Å². The lowest BCUT2D eigenvalue weighted by Crippen LogP contribution is -1.93. The SMILES string of the molecule is C1#Cc2cc(c3ccccc3c2)-c2c(ccc3ccccc23)C#Cc2ccc(cc2)C#Cc2c3ccccc3c(c3ccccc23)C#Cc2ccc(cc2)C#Cc2ccc3ccccc3c2-c2c(ccc3ccccc23)C#Cc2ccc(cc2)C#Cc2c3ccccc3c(c3ccccc23)C#Cc2ccc1cc2. The molecule has 7 aliphatic carbocycles. The Morgan fingerprint density at radius 1 is 0.130 bits per heavy atom. The van der Waals surface area contributed by atoms with E-state index >= 15 is 0 Å². The molecule has 0 radical (unpaired) electrons. The first-order chi connectivity index (χ1) is 53.5. The molecule has 488 valence electrons. The van der Waals surface area contributed by atoms with Crippen LogP contribution in [0, 0.1) is 94.7 Å². The molecule has 0 nitrogen and oxygen atoms in total. The van der Waals surface area contributed by atoms with Crippen molar-refractivity contribution in [2.45, 2.75) is 0 Å². The van der Waals surface area contributed by atoms with E-state index in [1.165, 1.54) is 0 Å². The molecule has 14 bridgehead atoms. The van der Waals surface area contributed by atoms with Crippen molar-refractivity contribution in [2.24, 2.45) is 0 Å². The second-order valence-corrected chi connectivity index (χ2v) is 26.9. The van der Waals surface area contributed by atoms with Gasteiger partial charge in [0.05, 0.1) is 0 Å². The summed E-state index contributed by atoms with van der Waals surface area (Å²) in [6.07, 6.45) is 0. The zero-order chi connectivity index (χ0) is 71.7. The van der Waals surface area contributed by atoms with Crippen LogP contribution < -0.4 is 0 Å². The predicted molar refractivity (Wildman–Crippen MR) is 450 cm³/mol. The van der Waals surface area contributed by atoms with Crippen LogP contribution in [0.5, 0.6) is 0 Å². The topological polar surface area (TPSA) is 0 Å². The molecular formula is C108H56. The minimum atomic E-state index is 0.881. The normalized spacial score (nSPS) is 11.3. The zero-order valence-electron chi connectivity index (χ0n) is 58.3. The van der Waals surface area contributed by atoms with Crippen molar-refractivity contribution in [1.29, 1.82) is 0 Å². The fourth-order valence-corrected chi connectivity index (χ4v) is 15.0. The van der Waals surface area contributed by atoms with Gasteiger partial charge < -0.3 is 0 Å².